The third kappa shape index (κ3) is 6.21. The summed E-state index contributed by atoms with van der Waals surface area (Å²) < 4.78 is 38.4. The van der Waals surface area contributed by atoms with E-state index in [0.717, 1.165) is 48.6 Å². The van der Waals surface area contributed by atoms with Crippen LogP contribution >= 0.6 is 36.2 Å². The molecule has 0 atom stereocenters. The van der Waals surface area contributed by atoms with E-state index in [-0.39, 0.29) is 36.4 Å². The molecule has 10 heteroatoms. The lowest BCUT2D eigenvalue weighted by atomic mass is 10.1. The Balaban J connectivity index is 0.00000182. The maximum Gasteiger partial charge on any atom is 0.416 e. The van der Waals surface area contributed by atoms with Gasteiger partial charge in [0, 0.05) is 24.0 Å². The summed E-state index contributed by atoms with van der Waals surface area (Å²) in [5, 5.41) is 7.93. The van der Waals surface area contributed by atoms with Crippen molar-refractivity contribution in [1.29, 1.82) is 0 Å². The van der Waals surface area contributed by atoms with Crippen LogP contribution in [-0.4, -0.2) is 30.5 Å². The van der Waals surface area contributed by atoms with Gasteiger partial charge < -0.3 is 10.6 Å². The number of aromatic nitrogens is 1. The second-order valence-electron chi connectivity index (χ2n) is 5.62. The van der Waals surface area contributed by atoms with Gasteiger partial charge in [-0.05, 0) is 25.1 Å². The van der Waals surface area contributed by atoms with Crippen LogP contribution in [-0.2, 0) is 6.18 Å². The number of thiazole rings is 1. The van der Waals surface area contributed by atoms with Crippen LogP contribution in [0.2, 0.25) is 0 Å². The number of amides is 1. The molecule has 1 aliphatic rings. The van der Waals surface area contributed by atoms with Gasteiger partial charge in [0.1, 0.15) is 10.7 Å². The molecular formula is C17H18Cl2F3N3OS. The number of alkyl halides is 3. The molecule has 1 aliphatic heterocycles. The van der Waals surface area contributed by atoms with E-state index in [1.807, 2.05) is 6.08 Å². The van der Waals surface area contributed by atoms with Crippen molar-refractivity contribution in [3.8, 4) is 10.6 Å². The number of hydrogen-bond donors (Lipinski definition) is 2. The van der Waals surface area contributed by atoms with E-state index in [9.17, 15) is 18.0 Å². The fraction of sp³-hybridized carbons (Fsp3) is 0.294. The van der Waals surface area contributed by atoms with Crippen LogP contribution in [0.15, 0.2) is 41.3 Å². The summed E-state index contributed by atoms with van der Waals surface area (Å²) in [5.41, 5.74) is 0.983. The first kappa shape index (κ1) is 23.4. The van der Waals surface area contributed by atoms with Crippen LogP contribution < -0.4 is 10.6 Å². The number of hydrogen-bond acceptors (Lipinski definition) is 4. The molecule has 1 amide bonds. The number of nitrogens with one attached hydrogen (secondary N) is 2. The molecule has 2 heterocycles. The molecule has 0 unspecified atom stereocenters. The van der Waals surface area contributed by atoms with Gasteiger partial charge in [0.2, 0.25) is 0 Å². The van der Waals surface area contributed by atoms with E-state index in [1.54, 1.807) is 11.4 Å². The monoisotopic (exact) mass is 439 g/mol. The van der Waals surface area contributed by atoms with Gasteiger partial charge in [-0.15, -0.1) is 36.2 Å². The van der Waals surface area contributed by atoms with E-state index in [2.05, 4.69) is 15.6 Å². The second kappa shape index (κ2) is 10.1. The number of nitrogens with zero attached hydrogens (tertiary/aromatic N) is 1. The smallest absolute Gasteiger partial charge is 0.347 e. The summed E-state index contributed by atoms with van der Waals surface area (Å²) in [6, 6.07) is 4.94. The normalized spacial score (nSPS) is 13.8. The molecule has 4 nitrogen and oxygen atoms in total. The van der Waals surface area contributed by atoms with Crippen molar-refractivity contribution >= 4 is 42.1 Å². The van der Waals surface area contributed by atoms with Crippen molar-refractivity contribution < 1.29 is 18.0 Å². The lowest BCUT2D eigenvalue weighted by Crippen LogP contribution is -2.29. The molecule has 2 aromatic rings. The van der Waals surface area contributed by atoms with Gasteiger partial charge in [0.25, 0.3) is 5.91 Å². The number of halogens is 5. The van der Waals surface area contributed by atoms with E-state index in [1.165, 1.54) is 6.07 Å². The summed E-state index contributed by atoms with van der Waals surface area (Å²) in [6.45, 7) is 2.14. The standard InChI is InChI=1S/C17H16F3N3OS.2ClH/c18-17(19,20)13-3-1-2-12(8-13)16-23-14(10-25-16)15(24)22-9-11-4-6-21-7-5-11;;/h1-4,8,10,21H,5-7,9H2,(H,22,24);2*1H. The lowest BCUT2D eigenvalue weighted by molar-refractivity contribution is -0.137. The summed E-state index contributed by atoms with van der Waals surface area (Å²) in [5.74, 6) is -0.325. The Morgan fingerprint density at radius 3 is 2.74 bits per heavy atom. The number of rotatable bonds is 4. The van der Waals surface area contributed by atoms with E-state index >= 15 is 0 Å². The van der Waals surface area contributed by atoms with Crippen LogP contribution in [0.1, 0.15) is 22.5 Å². The molecule has 1 aromatic heterocycles. The van der Waals surface area contributed by atoms with Crippen molar-refractivity contribution in [2.45, 2.75) is 12.6 Å². The molecule has 1 aromatic carbocycles. The Hall–Kier alpha value is -1.61. The van der Waals surface area contributed by atoms with Crippen molar-refractivity contribution in [3.05, 3.63) is 52.6 Å². The van der Waals surface area contributed by atoms with Gasteiger partial charge in [0.05, 0.1) is 5.56 Å². The Morgan fingerprint density at radius 1 is 1.30 bits per heavy atom. The number of carbonyl (C=O) groups excluding carboxylic acids is 1. The summed E-state index contributed by atoms with van der Waals surface area (Å²) in [4.78, 5) is 16.3. The second-order valence-corrected chi connectivity index (χ2v) is 6.47. The molecule has 0 saturated heterocycles. The molecule has 0 saturated carbocycles. The van der Waals surface area contributed by atoms with Gasteiger partial charge in [-0.1, -0.05) is 23.8 Å². The zero-order valence-electron chi connectivity index (χ0n) is 14.0. The third-order valence-corrected chi connectivity index (χ3v) is 4.70. The molecule has 27 heavy (non-hydrogen) atoms. The van der Waals surface area contributed by atoms with E-state index in [4.69, 9.17) is 0 Å². The number of benzene rings is 1. The molecule has 0 spiro atoms. The van der Waals surface area contributed by atoms with Crippen molar-refractivity contribution in [3.63, 3.8) is 0 Å². The fourth-order valence-corrected chi connectivity index (χ4v) is 3.25. The van der Waals surface area contributed by atoms with Crippen molar-refractivity contribution in [2.75, 3.05) is 19.6 Å². The zero-order chi connectivity index (χ0) is 17.9. The van der Waals surface area contributed by atoms with Gasteiger partial charge in [-0.25, -0.2) is 4.98 Å². The molecule has 0 fully saturated rings. The Morgan fingerprint density at radius 2 is 2.07 bits per heavy atom. The molecular weight excluding hydrogens is 422 g/mol. The summed E-state index contributed by atoms with van der Waals surface area (Å²) in [6.07, 6.45) is -1.48. The van der Waals surface area contributed by atoms with Crippen molar-refractivity contribution in [2.24, 2.45) is 0 Å². The highest BCUT2D eigenvalue weighted by Crippen LogP contribution is 2.33. The highest BCUT2D eigenvalue weighted by atomic mass is 35.5. The summed E-state index contributed by atoms with van der Waals surface area (Å²) >= 11 is 1.15. The molecule has 148 valence electrons. The van der Waals surface area contributed by atoms with Gasteiger partial charge in [-0.3, -0.25) is 4.79 Å². The minimum Gasteiger partial charge on any atom is -0.347 e. The highest BCUT2D eigenvalue weighted by molar-refractivity contribution is 7.13. The summed E-state index contributed by atoms with van der Waals surface area (Å²) in [7, 11) is 0. The zero-order valence-corrected chi connectivity index (χ0v) is 16.5. The van der Waals surface area contributed by atoms with Crippen LogP contribution in [0, 0.1) is 0 Å². The van der Waals surface area contributed by atoms with Gasteiger partial charge in [-0.2, -0.15) is 13.2 Å². The van der Waals surface area contributed by atoms with Crippen LogP contribution in [0.4, 0.5) is 13.2 Å². The predicted molar refractivity (Wildman–Crippen MR) is 105 cm³/mol. The minimum absolute atomic E-state index is 0. The van der Waals surface area contributed by atoms with Crippen LogP contribution in [0.25, 0.3) is 10.6 Å². The Kier molecular flexibility index (Phi) is 8.74. The highest BCUT2D eigenvalue weighted by Gasteiger charge is 2.30. The largest absolute Gasteiger partial charge is 0.416 e. The van der Waals surface area contributed by atoms with Gasteiger partial charge in [0.15, 0.2) is 0 Å². The maximum absolute atomic E-state index is 12.8. The van der Waals surface area contributed by atoms with Crippen molar-refractivity contribution in [1.82, 2.24) is 15.6 Å². The maximum atomic E-state index is 12.8. The third-order valence-electron chi connectivity index (χ3n) is 3.81. The first-order chi connectivity index (χ1) is 11.9. The fourth-order valence-electron chi connectivity index (χ4n) is 2.45. The Labute approximate surface area is 171 Å². The minimum atomic E-state index is -4.41. The average Bonchev–Trinajstić information content (AvgIpc) is 3.10. The molecule has 2 N–H and O–H groups in total. The average molecular weight is 440 g/mol. The van der Waals surface area contributed by atoms with E-state index in [0.29, 0.717) is 17.1 Å². The van der Waals surface area contributed by atoms with E-state index < -0.39 is 11.7 Å². The molecule has 3 rings (SSSR count). The van der Waals surface area contributed by atoms with Crippen LogP contribution in [0.3, 0.4) is 0 Å². The quantitative estimate of drug-likeness (QED) is 0.697. The molecule has 0 radical (unpaired) electrons. The molecule has 0 aliphatic carbocycles. The SMILES string of the molecule is Cl.Cl.O=C(NCC1=CCNCC1)c1csc(-c2cccc(C(F)(F)F)c2)n1. The first-order valence-corrected chi connectivity index (χ1v) is 8.61. The topological polar surface area (TPSA) is 54.0 Å². The first-order valence-electron chi connectivity index (χ1n) is 7.73. The number of carbonyl (C=O) groups is 1. The van der Waals surface area contributed by atoms with Crippen LogP contribution in [0.5, 0.6) is 0 Å². The predicted octanol–water partition coefficient (Wildman–Crippen LogP) is 4.32. The molecule has 0 bridgehead atoms. The lowest BCUT2D eigenvalue weighted by Gasteiger charge is -2.14. The Bertz CT molecular complexity index is 809. The van der Waals surface area contributed by atoms with Gasteiger partial charge >= 0.3 is 6.18 Å².